The Hall–Kier alpha value is -1.60. The molecule has 0 radical (unpaired) electrons. The molecule has 0 saturated carbocycles. The van der Waals surface area contributed by atoms with Crippen LogP contribution in [0.25, 0.3) is 0 Å². The summed E-state index contributed by atoms with van der Waals surface area (Å²) >= 11 is 0. The van der Waals surface area contributed by atoms with Crippen LogP contribution in [-0.2, 0) is 14.8 Å². The van der Waals surface area contributed by atoms with Crippen LogP contribution in [0.4, 0.5) is 0 Å². The Morgan fingerprint density at radius 3 is 2.52 bits per heavy atom. The third kappa shape index (κ3) is 5.23. The monoisotopic (exact) mass is 396 g/mol. The van der Waals surface area contributed by atoms with Crippen LogP contribution in [0.1, 0.15) is 51.1 Å². The lowest BCUT2D eigenvalue weighted by atomic mass is 9.95. The Labute approximate surface area is 163 Å². The Bertz CT molecular complexity index is 727. The summed E-state index contributed by atoms with van der Waals surface area (Å²) in [4.78, 5) is 14.7. The molecule has 1 fully saturated rings. The summed E-state index contributed by atoms with van der Waals surface area (Å²) in [7, 11) is 0.245. The highest BCUT2D eigenvalue weighted by Crippen LogP contribution is 2.30. The zero-order valence-corrected chi connectivity index (χ0v) is 17.7. The number of hydrogen-bond acceptors (Lipinski definition) is 4. The van der Waals surface area contributed by atoms with Crippen LogP contribution in [0.2, 0.25) is 0 Å². The molecule has 1 aliphatic rings. The van der Waals surface area contributed by atoms with E-state index in [1.54, 1.807) is 16.3 Å². The molecule has 1 aliphatic heterocycles. The van der Waals surface area contributed by atoms with Crippen molar-refractivity contribution in [1.82, 2.24) is 9.21 Å². The molecular formula is C20H32N2O4S. The first-order valence-corrected chi connectivity index (χ1v) is 11.3. The van der Waals surface area contributed by atoms with Gasteiger partial charge in [-0.3, -0.25) is 4.79 Å². The minimum absolute atomic E-state index is 0.0685. The van der Waals surface area contributed by atoms with Crippen molar-refractivity contribution in [2.45, 2.75) is 45.6 Å². The normalized spacial score (nSPS) is 17.5. The molecule has 2 rings (SSSR count). The fourth-order valence-electron chi connectivity index (χ4n) is 3.54. The molecule has 1 saturated heterocycles. The van der Waals surface area contributed by atoms with Gasteiger partial charge < -0.3 is 9.64 Å². The first kappa shape index (κ1) is 21.7. The maximum atomic E-state index is 13.0. The highest BCUT2D eigenvalue weighted by Gasteiger charge is 2.33. The second-order valence-corrected chi connectivity index (χ2v) is 9.30. The smallest absolute Gasteiger partial charge is 0.226 e. The van der Waals surface area contributed by atoms with Gasteiger partial charge in [0.2, 0.25) is 15.9 Å². The molecule has 6 nitrogen and oxygen atoms in total. The number of ether oxygens (including phenoxy) is 1. The molecule has 1 aromatic rings. The molecule has 152 valence electrons. The molecule has 0 bridgehead atoms. The van der Waals surface area contributed by atoms with Gasteiger partial charge in [0, 0.05) is 31.6 Å². The third-order valence-corrected chi connectivity index (χ3v) is 7.43. The Balaban J connectivity index is 1.98. The number of piperidine rings is 1. The highest BCUT2D eigenvalue weighted by atomic mass is 32.2. The number of amides is 1. The molecule has 7 heteroatoms. The van der Waals surface area contributed by atoms with Gasteiger partial charge in [-0.1, -0.05) is 31.5 Å². The van der Waals surface area contributed by atoms with Crippen molar-refractivity contribution < 1.29 is 17.9 Å². The summed E-state index contributed by atoms with van der Waals surface area (Å²) in [5.74, 6) is 0.901. The van der Waals surface area contributed by atoms with Crippen molar-refractivity contribution in [1.29, 1.82) is 0 Å². The number of unbranched alkanes of at least 4 members (excludes halogenated alkanes) is 1. The van der Waals surface area contributed by atoms with Crippen molar-refractivity contribution in [3.05, 3.63) is 29.8 Å². The topological polar surface area (TPSA) is 66.9 Å². The molecule has 1 heterocycles. The van der Waals surface area contributed by atoms with Gasteiger partial charge >= 0.3 is 0 Å². The predicted molar refractivity (Wildman–Crippen MR) is 107 cm³/mol. The minimum Gasteiger partial charge on any atom is -0.496 e. The van der Waals surface area contributed by atoms with E-state index in [1.807, 2.05) is 45.2 Å². The van der Waals surface area contributed by atoms with Gasteiger partial charge in [-0.25, -0.2) is 12.7 Å². The van der Waals surface area contributed by atoms with E-state index in [9.17, 15) is 13.2 Å². The summed E-state index contributed by atoms with van der Waals surface area (Å²) in [5, 5.41) is 0. The second-order valence-electron chi connectivity index (χ2n) is 7.21. The molecule has 0 N–H and O–H groups in total. The van der Waals surface area contributed by atoms with Crippen LogP contribution in [-0.4, -0.2) is 56.5 Å². The lowest BCUT2D eigenvalue weighted by Gasteiger charge is -2.34. The van der Waals surface area contributed by atoms with Gasteiger partial charge in [0.05, 0.1) is 18.9 Å². The number of methoxy groups -OCH3 is 1. The molecule has 1 atom stereocenters. The summed E-state index contributed by atoms with van der Waals surface area (Å²) in [6.45, 7) is 4.83. The van der Waals surface area contributed by atoms with Gasteiger partial charge in [0.25, 0.3) is 0 Å². The number of carbonyl (C=O) groups is 1. The van der Waals surface area contributed by atoms with Gasteiger partial charge in [-0.05, 0) is 32.3 Å². The number of para-hydroxylation sites is 1. The van der Waals surface area contributed by atoms with E-state index in [1.165, 1.54) is 0 Å². The number of hydrogen-bond donors (Lipinski definition) is 0. The van der Waals surface area contributed by atoms with E-state index in [0.29, 0.717) is 32.4 Å². The standard InChI is InChI=1S/C20H32N2O4S/c1-5-6-15-27(24,25)22-13-11-17(12-14-22)20(23)21(3)16(2)18-9-7-8-10-19(18)26-4/h7-10,16-17H,5-6,11-15H2,1-4H3. The molecule has 27 heavy (non-hydrogen) atoms. The van der Waals surface area contributed by atoms with E-state index in [0.717, 1.165) is 17.7 Å². The number of sulfonamides is 1. The number of rotatable bonds is 8. The van der Waals surface area contributed by atoms with E-state index < -0.39 is 10.0 Å². The van der Waals surface area contributed by atoms with Crippen LogP contribution in [0.5, 0.6) is 5.75 Å². The fraction of sp³-hybridized carbons (Fsp3) is 0.650. The zero-order chi connectivity index (χ0) is 20.0. The minimum atomic E-state index is -3.19. The molecule has 1 aromatic carbocycles. The number of carbonyl (C=O) groups excluding carboxylic acids is 1. The third-order valence-electron chi connectivity index (χ3n) is 5.47. The van der Waals surface area contributed by atoms with Gasteiger partial charge in [-0.2, -0.15) is 0 Å². The lowest BCUT2D eigenvalue weighted by molar-refractivity contribution is -0.137. The van der Waals surface area contributed by atoms with Crippen LogP contribution in [0.3, 0.4) is 0 Å². The average molecular weight is 397 g/mol. The summed E-state index contributed by atoms with van der Waals surface area (Å²) in [5.41, 5.74) is 0.968. The summed E-state index contributed by atoms with van der Waals surface area (Å²) in [6.07, 6.45) is 2.69. The van der Waals surface area contributed by atoms with Crippen molar-refractivity contribution >= 4 is 15.9 Å². The zero-order valence-electron chi connectivity index (χ0n) is 16.8. The molecular weight excluding hydrogens is 364 g/mol. The van der Waals surface area contributed by atoms with Gasteiger partial charge in [-0.15, -0.1) is 0 Å². The Kier molecular flexibility index (Phi) is 7.68. The number of benzene rings is 1. The molecule has 0 aromatic heterocycles. The maximum absolute atomic E-state index is 13.0. The van der Waals surface area contributed by atoms with Crippen LogP contribution in [0.15, 0.2) is 24.3 Å². The largest absolute Gasteiger partial charge is 0.496 e. The Morgan fingerprint density at radius 2 is 1.93 bits per heavy atom. The van der Waals surface area contributed by atoms with E-state index in [4.69, 9.17) is 4.74 Å². The van der Waals surface area contributed by atoms with Crippen LogP contribution < -0.4 is 4.74 Å². The van der Waals surface area contributed by atoms with Crippen LogP contribution in [0, 0.1) is 5.92 Å². The molecule has 0 aliphatic carbocycles. The van der Waals surface area contributed by atoms with Gasteiger partial charge in [0.15, 0.2) is 0 Å². The predicted octanol–water partition coefficient (Wildman–Crippen LogP) is 3.06. The first-order valence-electron chi connectivity index (χ1n) is 9.69. The van der Waals surface area contributed by atoms with Gasteiger partial charge in [0.1, 0.15) is 5.75 Å². The SMILES string of the molecule is CCCCS(=O)(=O)N1CCC(C(=O)N(C)C(C)c2ccccc2OC)CC1. The average Bonchev–Trinajstić information content (AvgIpc) is 2.70. The van der Waals surface area contributed by atoms with Crippen LogP contribution >= 0.6 is 0 Å². The fourth-order valence-corrected chi connectivity index (χ4v) is 5.21. The van der Waals surface area contributed by atoms with Crippen molar-refractivity contribution in [3.63, 3.8) is 0 Å². The second kappa shape index (κ2) is 9.55. The van der Waals surface area contributed by atoms with E-state index in [2.05, 4.69) is 0 Å². The summed E-state index contributed by atoms with van der Waals surface area (Å²) < 4.78 is 31.6. The van der Waals surface area contributed by atoms with Crippen molar-refractivity contribution in [3.8, 4) is 5.75 Å². The van der Waals surface area contributed by atoms with Crippen molar-refractivity contribution in [2.24, 2.45) is 5.92 Å². The lowest BCUT2D eigenvalue weighted by Crippen LogP contribution is -2.44. The number of nitrogens with zero attached hydrogens (tertiary/aromatic N) is 2. The molecule has 0 spiro atoms. The van der Waals surface area contributed by atoms with Crippen molar-refractivity contribution in [2.75, 3.05) is 33.0 Å². The molecule has 1 unspecified atom stereocenters. The summed E-state index contributed by atoms with van der Waals surface area (Å²) in [6, 6.07) is 7.60. The Morgan fingerprint density at radius 1 is 1.30 bits per heavy atom. The maximum Gasteiger partial charge on any atom is 0.226 e. The van der Waals surface area contributed by atoms with E-state index in [-0.39, 0.29) is 23.6 Å². The molecule has 1 amide bonds. The van der Waals surface area contributed by atoms with E-state index >= 15 is 0 Å². The highest BCUT2D eigenvalue weighted by molar-refractivity contribution is 7.89. The quantitative estimate of drug-likeness (QED) is 0.677. The first-order chi connectivity index (χ1) is 12.8.